The van der Waals surface area contributed by atoms with Crippen molar-refractivity contribution in [1.29, 1.82) is 0 Å². The summed E-state index contributed by atoms with van der Waals surface area (Å²) in [5.41, 5.74) is 0. The molecule has 2 unspecified atom stereocenters. The van der Waals surface area contributed by atoms with E-state index >= 15 is 0 Å². The van der Waals surface area contributed by atoms with Crippen LogP contribution in [0.5, 0.6) is 0 Å². The molecular weight excluding hydrogens is 238 g/mol. The summed E-state index contributed by atoms with van der Waals surface area (Å²) in [6.45, 7) is 4.17. The zero-order valence-electron chi connectivity index (χ0n) is 8.12. The zero-order valence-corrected chi connectivity index (χ0v) is 13.1. The van der Waals surface area contributed by atoms with E-state index in [9.17, 15) is 0 Å². The molecule has 2 N–H and O–H groups in total. The Kier molecular flexibility index (Phi) is 4.99. The summed E-state index contributed by atoms with van der Waals surface area (Å²) in [6, 6.07) is 0.981. The maximum Gasteiger partial charge on any atom is 0.387 e. The molecule has 1 rings (SSSR count). The molecule has 0 radical (unpaired) electrons. The minimum atomic E-state index is -2.01. The lowest BCUT2D eigenvalue weighted by Gasteiger charge is -2.31. The van der Waals surface area contributed by atoms with Crippen molar-refractivity contribution in [1.82, 2.24) is 0 Å². The Morgan fingerprint density at radius 3 is 2.92 bits per heavy atom. The van der Waals surface area contributed by atoms with E-state index in [2.05, 4.69) is 13.5 Å². The van der Waals surface area contributed by atoms with Gasteiger partial charge in [-0.2, -0.15) is 0 Å². The van der Waals surface area contributed by atoms with Gasteiger partial charge in [0.25, 0.3) is 20.0 Å². The van der Waals surface area contributed by atoms with Crippen LogP contribution in [0.25, 0.3) is 0 Å². The van der Waals surface area contributed by atoms with Crippen LogP contribution >= 0.6 is 0 Å². The first-order valence-electron chi connectivity index (χ1n) is 4.43. The Morgan fingerprint density at radius 1 is 1.46 bits per heavy atom. The molecule has 1 aliphatic rings. The van der Waals surface area contributed by atoms with Crippen molar-refractivity contribution in [3.63, 3.8) is 0 Å². The molecule has 0 bridgehead atoms. The fourth-order valence-corrected chi connectivity index (χ4v) is 11.0. The van der Waals surface area contributed by atoms with E-state index in [0.717, 1.165) is 12.5 Å². The van der Waals surface area contributed by atoms with E-state index < -0.39 is 38.0 Å². The third-order valence-corrected chi connectivity index (χ3v) is 12.3. The van der Waals surface area contributed by atoms with Gasteiger partial charge in [-0.3, -0.25) is 0 Å². The average molecular weight is 256 g/mol. The van der Waals surface area contributed by atoms with Gasteiger partial charge >= 0.3 is 18.0 Å². The van der Waals surface area contributed by atoms with Gasteiger partial charge in [0.15, 0.2) is 0 Å². The Balaban J connectivity index is 2.48. The summed E-state index contributed by atoms with van der Waals surface area (Å²) < 4.78 is 22.1. The summed E-state index contributed by atoms with van der Waals surface area (Å²) in [6.07, 6.45) is 1.07. The summed E-state index contributed by atoms with van der Waals surface area (Å²) in [5, 5.41) is 5.73. The van der Waals surface area contributed by atoms with Gasteiger partial charge in [-0.15, -0.1) is 0 Å². The molecule has 1 saturated heterocycles. The Labute approximate surface area is 86.2 Å². The van der Waals surface area contributed by atoms with E-state index in [1.807, 2.05) is 0 Å². The third-order valence-electron chi connectivity index (χ3n) is 1.83. The van der Waals surface area contributed by atoms with Gasteiger partial charge in [0, 0.05) is 0 Å². The predicted molar refractivity (Wildman–Crippen MR) is 59.5 cm³/mol. The minimum absolute atomic E-state index is 0.855. The van der Waals surface area contributed by atoms with Gasteiger partial charge in [-0.05, 0) is 12.6 Å². The highest BCUT2D eigenvalue weighted by Crippen LogP contribution is 2.16. The van der Waals surface area contributed by atoms with Gasteiger partial charge in [0.1, 0.15) is 0 Å². The molecule has 5 nitrogen and oxygen atoms in total. The second-order valence-electron chi connectivity index (χ2n) is 3.12. The number of rotatable bonds is 2. The molecule has 1 aliphatic heterocycles. The van der Waals surface area contributed by atoms with Crippen molar-refractivity contribution in [2.75, 3.05) is 0 Å². The Hall–Kier alpha value is 0.668. The van der Waals surface area contributed by atoms with Gasteiger partial charge in [-0.1, -0.05) is 13.3 Å². The number of nitrogens with two attached hydrogens (primary N) is 1. The largest absolute Gasteiger partial charge is 0.425 e. The lowest BCUT2D eigenvalue weighted by Crippen LogP contribution is -2.52. The molecule has 13 heavy (non-hydrogen) atoms. The van der Waals surface area contributed by atoms with Crippen LogP contribution in [0.4, 0.5) is 0 Å². The zero-order chi connectivity index (χ0) is 9.73. The summed E-state index contributed by atoms with van der Waals surface area (Å²) in [7, 11) is -5.68. The summed E-state index contributed by atoms with van der Waals surface area (Å²) in [4.78, 5) is 0. The predicted octanol–water partition coefficient (Wildman–Crippen LogP) is -1.78. The number of hydrogen-bond donors (Lipinski definition) is 1. The van der Waals surface area contributed by atoms with Gasteiger partial charge in [0.2, 0.25) is 0 Å². The minimum Gasteiger partial charge on any atom is -0.425 e. The normalized spacial score (nSPS) is 40.4. The lowest BCUT2D eigenvalue weighted by atomic mass is 10.6. The molecule has 0 aromatic rings. The molecule has 0 amide bonds. The SMILES string of the molecule is CCC[Si]1(C)O[SiH2]O[SiH2]O[SiH](N)O1. The van der Waals surface area contributed by atoms with Crippen LogP contribution in [0, 0.1) is 0 Å². The van der Waals surface area contributed by atoms with Crippen LogP contribution in [0.2, 0.25) is 12.6 Å². The van der Waals surface area contributed by atoms with Crippen molar-refractivity contribution in [3.8, 4) is 0 Å². The highest BCUT2D eigenvalue weighted by atomic mass is 28.5. The van der Waals surface area contributed by atoms with Crippen molar-refractivity contribution in [2.45, 2.75) is 25.9 Å². The molecule has 9 heteroatoms. The van der Waals surface area contributed by atoms with Gasteiger partial charge in [0.05, 0.1) is 0 Å². The molecule has 1 fully saturated rings. The molecule has 0 saturated carbocycles. The van der Waals surface area contributed by atoms with E-state index in [4.69, 9.17) is 21.9 Å². The van der Waals surface area contributed by atoms with Crippen molar-refractivity contribution < 1.29 is 16.5 Å². The molecule has 0 aliphatic carbocycles. The average Bonchev–Trinajstić information content (AvgIpc) is 2.01. The first-order valence-corrected chi connectivity index (χ1v) is 10.9. The van der Waals surface area contributed by atoms with E-state index in [0.29, 0.717) is 0 Å². The molecular formula is C4H17NO4Si4. The first kappa shape index (κ1) is 11.7. The second-order valence-corrected chi connectivity index (χ2v) is 12.2. The fraction of sp³-hybridized carbons (Fsp3) is 1.00. The van der Waals surface area contributed by atoms with Crippen molar-refractivity contribution in [3.05, 3.63) is 0 Å². The van der Waals surface area contributed by atoms with Crippen LogP contribution in [-0.4, -0.2) is 38.0 Å². The summed E-state index contributed by atoms with van der Waals surface area (Å²) >= 11 is 0. The van der Waals surface area contributed by atoms with Crippen LogP contribution in [0.3, 0.4) is 0 Å². The maximum atomic E-state index is 5.73. The Morgan fingerprint density at radius 2 is 2.23 bits per heavy atom. The highest BCUT2D eigenvalue weighted by Gasteiger charge is 2.34. The Bertz CT molecular complexity index is 163. The molecule has 78 valence electrons. The standard InChI is InChI=1S/C4H17NO4Si4/c1-3-4-13(2)8-11-6-10-7-12(5)9-13/h12H,3-5,10-11H2,1-2H3. The smallest absolute Gasteiger partial charge is 0.387 e. The first-order chi connectivity index (χ1) is 6.16. The maximum absolute atomic E-state index is 5.73. The van der Waals surface area contributed by atoms with E-state index in [1.165, 1.54) is 0 Å². The van der Waals surface area contributed by atoms with E-state index in [1.54, 1.807) is 0 Å². The second kappa shape index (κ2) is 5.52. The monoisotopic (exact) mass is 255 g/mol. The number of hydrogen-bond acceptors (Lipinski definition) is 5. The molecule has 0 aromatic carbocycles. The molecule has 2 atom stereocenters. The van der Waals surface area contributed by atoms with Crippen LogP contribution in [0.1, 0.15) is 13.3 Å². The van der Waals surface area contributed by atoms with Crippen LogP contribution in [0.15, 0.2) is 0 Å². The van der Waals surface area contributed by atoms with Crippen LogP contribution in [-0.2, 0) is 16.5 Å². The highest BCUT2D eigenvalue weighted by molar-refractivity contribution is 6.76. The van der Waals surface area contributed by atoms with Gasteiger partial charge in [-0.25, -0.2) is 0 Å². The van der Waals surface area contributed by atoms with E-state index in [-0.39, 0.29) is 0 Å². The van der Waals surface area contributed by atoms with Crippen molar-refractivity contribution in [2.24, 2.45) is 5.40 Å². The fourth-order valence-electron chi connectivity index (χ4n) is 1.21. The molecule has 0 spiro atoms. The van der Waals surface area contributed by atoms with Crippen LogP contribution < -0.4 is 5.40 Å². The third kappa shape index (κ3) is 4.14. The lowest BCUT2D eigenvalue weighted by molar-refractivity contribution is 0.293. The van der Waals surface area contributed by atoms with Crippen molar-refractivity contribution >= 4 is 38.0 Å². The molecule has 0 aromatic heterocycles. The topological polar surface area (TPSA) is 62.9 Å². The van der Waals surface area contributed by atoms with Gasteiger partial charge < -0.3 is 21.9 Å². The quantitative estimate of drug-likeness (QED) is 0.591. The summed E-state index contributed by atoms with van der Waals surface area (Å²) in [5.74, 6) is 0. The molecule has 1 heterocycles.